The first kappa shape index (κ1) is 21.8. The van der Waals surface area contributed by atoms with Crippen LogP contribution in [-0.4, -0.2) is 30.4 Å². The van der Waals surface area contributed by atoms with Gasteiger partial charge in [0.05, 0.1) is 5.92 Å². The fourth-order valence-electron chi connectivity index (χ4n) is 4.13. The van der Waals surface area contributed by atoms with E-state index in [2.05, 4.69) is 22.4 Å². The summed E-state index contributed by atoms with van der Waals surface area (Å²) in [6, 6.07) is 12.6. The van der Waals surface area contributed by atoms with Crippen LogP contribution in [-0.2, 0) is 4.79 Å². The second-order valence-electron chi connectivity index (χ2n) is 7.56. The van der Waals surface area contributed by atoms with Gasteiger partial charge in [-0.05, 0) is 72.8 Å². The normalized spacial score (nSPS) is 18.6. The highest BCUT2D eigenvalue weighted by Crippen LogP contribution is 2.36. The maximum atomic E-state index is 13.5. The number of nitrogens with one attached hydrogen (secondary N) is 1. The molecule has 0 bridgehead atoms. The van der Waals surface area contributed by atoms with E-state index in [9.17, 15) is 9.18 Å². The third kappa shape index (κ3) is 5.19. The summed E-state index contributed by atoms with van der Waals surface area (Å²) in [5, 5.41) is 3.63. The Hall–Kier alpha value is -1.88. The van der Waals surface area contributed by atoms with Gasteiger partial charge in [0.15, 0.2) is 0 Å². The van der Waals surface area contributed by atoms with E-state index in [1.165, 1.54) is 23.3 Å². The second kappa shape index (κ2) is 9.75. The summed E-state index contributed by atoms with van der Waals surface area (Å²) < 4.78 is 13.5. The van der Waals surface area contributed by atoms with Gasteiger partial charge in [-0.25, -0.2) is 4.39 Å². The number of halogens is 3. The average Bonchev–Trinajstić information content (AvgIpc) is 3.00. The van der Waals surface area contributed by atoms with Crippen LogP contribution in [0, 0.1) is 5.82 Å². The molecule has 0 saturated heterocycles. The molecule has 1 atom stereocenters. The van der Waals surface area contributed by atoms with Crippen molar-refractivity contribution in [3.8, 4) is 0 Å². The Morgan fingerprint density at radius 2 is 2.03 bits per heavy atom. The molecule has 0 aliphatic carbocycles. The summed E-state index contributed by atoms with van der Waals surface area (Å²) in [4.78, 5) is 14.6. The number of unbranched alkanes of at least 4 members (excludes halogenated alkanes) is 1. The van der Waals surface area contributed by atoms with Crippen LogP contribution in [0.4, 0.5) is 10.1 Å². The standard InChI is InChI=1S/C23H24ClFN2O.ClH/c24-18-5-3-4-17(14-18)16-9-12-27(13-10-16)11-2-1-6-20-21-15-19(25)7-8-22(21)26-23(20)28;/h3-5,7-9,14-15,20H,1-2,6,10-13H2,(H,26,28);1H. The van der Waals surface area contributed by atoms with Crippen LogP contribution in [0.1, 0.15) is 42.7 Å². The van der Waals surface area contributed by atoms with E-state index in [1.54, 1.807) is 6.07 Å². The minimum atomic E-state index is -0.282. The number of fused-ring (bicyclic) bond motifs is 1. The van der Waals surface area contributed by atoms with Crippen molar-refractivity contribution in [1.29, 1.82) is 0 Å². The molecule has 4 rings (SSSR count). The summed E-state index contributed by atoms with van der Waals surface area (Å²) in [5.41, 5.74) is 4.13. The molecule has 1 N–H and O–H groups in total. The maximum Gasteiger partial charge on any atom is 0.232 e. The van der Waals surface area contributed by atoms with E-state index < -0.39 is 0 Å². The van der Waals surface area contributed by atoms with Crippen LogP contribution in [0.15, 0.2) is 48.5 Å². The van der Waals surface area contributed by atoms with E-state index in [0.29, 0.717) is 0 Å². The number of carbonyl (C=O) groups excluding carboxylic acids is 1. The van der Waals surface area contributed by atoms with E-state index in [0.717, 1.165) is 61.6 Å². The Bertz CT molecular complexity index is 916. The summed E-state index contributed by atoms with van der Waals surface area (Å²) in [6.07, 6.45) is 6.07. The molecule has 2 aromatic rings. The van der Waals surface area contributed by atoms with Crippen molar-refractivity contribution in [3.63, 3.8) is 0 Å². The molecule has 1 unspecified atom stereocenters. The van der Waals surface area contributed by atoms with Gasteiger partial charge in [-0.2, -0.15) is 0 Å². The Kier molecular flexibility index (Phi) is 7.33. The summed E-state index contributed by atoms with van der Waals surface area (Å²) >= 11 is 6.09. The van der Waals surface area contributed by atoms with E-state index in [-0.39, 0.29) is 30.0 Å². The third-order valence-corrected chi connectivity index (χ3v) is 5.90. The van der Waals surface area contributed by atoms with Crippen molar-refractivity contribution in [2.75, 3.05) is 25.0 Å². The van der Waals surface area contributed by atoms with Gasteiger partial charge in [0.1, 0.15) is 5.82 Å². The number of nitrogens with zero attached hydrogens (tertiary/aromatic N) is 1. The number of hydrogen-bond acceptors (Lipinski definition) is 2. The Balaban J connectivity index is 0.00000240. The monoisotopic (exact) mass is 434 g/mol. The van der Waals surface area contributed by atoms with E-state index >= 15 is 0 Å². The molecule has 0 fully saturated rings. The van der Waals surface area contributed by atoms with Crippen molar-refractivity contribution < 1.29 is 9.18 Å². The lowest BCUT2D eigenvalue weighted by molar-refractivity contribution is -0.117. The van der Waals surface area contributed by atoms with Crippen LogP contribution in [0.25, 0.3) is 5.57 Å². The predicted octanol–water partition coefficient (Wildman–Crippen LogP) is 5.90. The molecule has 3 nitrogen and oxygen atoms in total. The molecule has 2 heterocycles. The van der Waals surface area contributed by atoms with Gasteiger partial charge in [-0.3, -0.25) is 9.69 Å². The molecule has 0 saturated carbocycles. The lowest BCUT2D eigenvalue weighted by Crippen LogP contribution is -2.29. The fraction of sp³-hybridized carbons (Fsp3) is 0.348. The number of rotatable bonds is 6. The molecular weight excluding hydrogens is 410 g/mol. The number of benzene rings is 2. The van der Waals surface area contributed by atoms with Gasteiger partial charge >= 0.3 is 0 Å². The zero-order valence-corrected chi connectivity index (χ0v) is 17.7. The molecule has 6 heteroatoms. The molecular formula is C23H25Cl2FN2O. The quantitative estimate of drug-likeness (QED) is 0.574. The fourth-order valence-corrected chi connectivity index (χ4v) is 4.32. The van der Waals surface area contributed by atoms with Crippen LogP contribution in [0.5, 0.6) is 0 Å². The van der Waals surface area contributed by atoms with Crippen molar-refractivity contribution >= 4 is 41.2 Å². The largest absolute Gasteiger partial charge is 0.325 e. The van der Waals surface area contributed by atoms with Crippen LogP contribution < -0.4 is 5.32 Å². The molecule has 154 valence electrons. The molecule has 0 aromatic heterocycles. The van der Waals surface area contributed by atoms with Gasteiger partial charge in [0, 0.05) is 23.8 Å². The zero-order valence-electron chi connectivity index (χ0n) is 16.2. The molecule has 2 aliphatic heterocycles. The lowest BCUT2D eigenvalue weighted by atomic mass is 9.94. The summed E-state index contributed by atoms with van der Waals surface area (Å²) in [6.45, 7) is 3.00. The minimum absolute atomic E-state index is 0. The first-order chi connectivity index (χ1) is 13.6. The van der Waals surface area contributed by atoms with Crippen molar-refractivity contribution in [1.82, 2.24) is 4.90 Å². The van der Waals surface area contributed by atoms with E-state index in [4.69, 9.17) is 11.6 Å². The zero-order chi connectivity index (χ0) is 19.5. The number of amides is 1. The molecule has 29 heavy (non-hydrogen) atoms. The van der Waals surface area contributed by atoms with Crippen LogP contribution in [0.3, 0.4) is 0 Å². The first-order valence-electron chi connectivity index (χ1n) is 9.88. The van der Waals surface area contributed by atoms with Crippen LogP contribution in [0.2, 0.25) is 5.02 Å². The topological polar surface area (TPSA) is 32.3 Å². The minimum Gasteiger partial charge on any atom is -0.325 e. The van der Waals surface area contributed by atoms with E-state index in [1.807, 2.05) is 18.2 Å². The number of anilines is 1. The molecule has 0 radical (unpaired) electrons. The Labute approximate surface area is 182 Å². The lowest BCUT2D eigenvalue weighted by Gasteiger charge is -2.26. The molecule has 1 amide bonds. The van der Waals surface area contributed by atoms with Crippen molar-refractivity contribution in [3.05, 3.63) is 70.5 Å². The summed E-state index contributed by atoms with van der Waals surface area (Å²) in [5.74, 6) is -0.509. The SMILES string of the molecule is Cl.O=C1Nc2ccc(F)cc2C1CCCCN1CC=C(c2cccc(Cl)c2)CC1. The van der Waals surface area contributed by atoms with Gasteiger partial charge in [0.2, 0.25) is 5.91 Å². The van der Waals surface area contributed by atoms with Gasteiger partial charge in [-0.1, -0.05) is 36.2 Å². The smallest absolute Gasteiger partial charge is 0.232 e. The molecule has 0 spiro atoms. The number of hydrogen-bond donors (Lipinski definition) is 1. The van der Waals surface area contributed by atoms with Crippen molar-refractivity contribution in [2.45, 2.75) is 31.6 Å². The summed E-state index contributed by atoms with van der Waals surface area (Å²) in [7, 11) is 0. The molecule has 2 aromatic carbocycles. The highest BCUT2D eigenvalue weighted by atomic mass is 35.5. The second-order valence-corrected chi connectivity index (χ2v) is 8.00. The highest BCUT2D eigenvalue weighted by Gasteiger charge is 2.30. The highest BCUT2D eigenvalue weighted by molar-refractivity contribution is 6.30. The van der Waals surface area contributed by atoms with Gasteiger partial charge < -0.3 is 5.32 Å². The van der Waals surface area contributed by atoms with Gasteiger partial charge in [-0.15, -0.1) is 12.4 Å². The third-order valence-electron chi connectivity index (χ3n) is 5.67. The Morgan fingerprint density at radius 1 is 1.17 bits per heavy atom. The maximum absolute atomic E-state index is 13.5. The van der Waals surface area contributed by atoms with Crippen molar-refractivity contribution in [2.24, 2.45) is 0 Å². The first-order valence-corrected chi connectivity index (χ1v) is 10.3. The predicted molar refractivity (Wildman–Crippen MR) is 119 cm³/mol. The van der Waals surface area contributed by atoms with Crippen LogP contribution >= 0.6 is 24.0 Å². The average molecular weight is 435 g/mol. The molecule has 2 aliphatic rings. The number of carbonyl (C=O) groups is 1. The Morgan fingerprint density at radius 3 is 2.79 bits per heavy atom. The van der Waals surface area contributed by atoms with Gasteiger partial charge in [0.25, 0.3) is 0 Å².